The number of hydrogen-bond acceptors (Lipinski definition) is 6. The Labute approximate surface area is 180 Å². The van der Waals surface area contributed by atoms with Gasteiger partial charge in [0.05, 0.1) is 11.8 Å². The average Bonchev–Trinajstić information content (AvgIpc) is 2.96. The Morgan fingerprint density at radius 2 is 1.74 bits per heavy atom. The van der Waals surface area contributed by atoms with Crippen molar-refractivity contribution < 1.29 is 23.5 Å². The van der Waals surface area contributed by atoms with Crippen molar-refractivity contribution in [1.29, 1.82) is 0 Å². The molecule has 1 saturated carbocycles. The van der Waals surface area contributed by atoms with E-state index in [1.54, 1.807) is 0 Å². The standard InChI is InChI=1S/C24H27NO6/c1-13(2)18-10-19-15(9-21(26)31-20(19)8-14(18)3)12-30-22(27)11-25-23(28)16-6-4-5-7-17(16)24(25)29/h8-10,13,16-17H,4-7,11-12H2,1-3H3. The van der Waals surface area contributed by atoms with Crippen LogP contribution in [-0.2, 0) is 25.7 Å². The maximum Gasteiger partial charge on any atom is 0.336 e. The van der Waals surface area contributed by atoms with Crippen LogP contribution in [0.1, 0.15) is 62.1 Å². The Morgan fingerprint density at radius 1 is 1.10 bits per heavy atom. The molecular weight excluding hydrogens is 398 g/mol. The highest BCUT2D eigenvalue weighted by molar-refractivity contribution is 6.07. The number of fused-ring (bicyclic) bond motifs is 2. The smallest absolute Gasteiger partial charge is 0.336 e. The van der Waals surface area contributed by atoms with E-state index >= 15 is 0 Å². The number of imide groups is 1. The zero-order valence-electron chi connectivity index (χ0n) is 18.1. The molecule has 31 heavy (non-hydrogen) atoms. The molecule has 1 saturated heterocycles. The highest BCUT2D eigenvalue weighted by atomic mass is 16.5. The van der Waals surface area contributed by atoms with Crippen LogP contribution in [0.3, 0.4) is 0 Å². The van der Waals surface area contributed by atoms with Crippen molar-refractivity contribution in [3.63, 3.8) is 0 Å². The Morgan fingerprint density at radius 3 is 2.35 bits per heavy atom. The topological polar surface area (TPSA) is 93.9 Å². The first kappa shape index (κ1) is 21.3. The molecular formula is C24H27NO6. The van der Waals surface area contributed by atoms with Crippen LogP contribution in [-0.4, -0.2) is 29.2 Å². The van der Waals surface area contributed by atoms with Gasteiger partial charge in [-0.05, 0) is 48.9 Å². The van der Waals surface area contributed by atoms with Crippen molar-refractivity contribution in [2.24, 2.45) is 11.8 Å². The number of aryl methyl sites for hydroxylation is 1. The molecule has 2 unspecified atom stereocenters. The number of carbonyl (C=O) groups is 3. The highest BCUT2D eigenvalue weighted by Gasteiger charge is 2.48. The molecule has 2 amide bonds. The van der Waals surface area contributed by atoms with Crippen LogP contribution in [0.4, 0.5) is 0 Å². The van der Waals surface area contributed by atoms with Gasteiger partial charge in [-0.25, -0.2) is 4.79 Å². The molecule has 2 atom stereocenters. The van der Waals surface area contributed by atoms with Crippen molar-refractivity contribution in [3.05, 3.63) is 45.3 Å². The lowest BCUT2D eigenvalue weighted by Crippen LogP contribution is -2.36. The second kappa shape index (κ2) is 8.29. The third-order valence-electron chi connectivity index (χ3n) is 6.45. The zero-order valence-corrected chi connectivity index (χ0v) is 18.1. The SMILES string of the molecule is Cc1cc2oc(=O)cc(COC(=O)CN3C(=O)C4CCCCC4C3=O)c2cc1C(C)C. The second-order valence-electron chi connectivity index (χ2n) is 8.87. The van der Waals surface area contributed by atoms with Gasteiger partial charge in [-0.3, -0.25) is 19.3 Å². The molecule has 4 rings (SSSR count). The summed E-state index contributed by atoms with van der Waals surface area (Å²) in [6.07, 6.45) is 3.26. The van der Waals surface area contributed by atoms with E-state index in [0.717, 1.165) is 28.9 Å². The Bertz CT molecular complexity index is 1090. The van der Waals surface area contributed by atoms with Crippen molar-refractivity contribution in [2.75, 3.05) is 6.54 Å². The van der Waals surface area contributed by atoms with E-state index in [9.17, 15) is 19.2 Å². The van der Waals surface area contributed by atoms with Gasteiger partial charge in [0.1, 0.15) is 18.7 Å². The number of carbonyl (C=O) groups excluding carboxylic acids is 3. The van der Waals surface area contributed by atoms with Crippen LogP contribution in [0.25, 0.3) is 11.0 Å². The van der Waals surface area contributed by atoms with Gasteiger partial charge in [-0.15, -0.1) is 0 Å². The van der Waals surface area contributed by atoms with E-state index in [-0.39, 0.29) is 42.7 Å². The van der Waals surface area contributed by atoms with E-state index in [0.29, 0.717) is 29.4 Å². The first-order chi connectivity index (χ1) is 14.8. The van der Waals surface area contributed by atoms with Gasteiger partial charge >= 0.3 is 11.6 Å². The Balaban J connectivity index is 1.50. The number of hydrogen-bond donors (Lipinski definition) is 0. The van der Waals surface area contributed by atoms with E-state index < -0.39 is 11.6 Å². The van der Waals surface area contributed by atoms with Crippen molar-refractivity contribution >= 4 is 28.8 Å². The lowest BCUT2D eigenvalue weighted by atomic mass is 9.81. The van der Waals surface area contributed by atoms with Crippen molar-refractivity contribution in [2.45, 2.75) is 59.0 Å². The first-order valence-corrected chi connectivity index (χ1v) is 10.8. The fraction of sp³-hybridized carbons (Fsp3) is 0.500. The molecule has 0 radical (unpaired) electrons. The monoisotopic (exact) mass is 425 g/mol. The number of benzene rings is 1. The Kier molecular flexibility index (Phi) is 5.69. The molecule has 0 bridgehead atoms. The summed E-state index contributed by atoms with van der Waals surface area (Å²) in [4.78, 5) is 50.6. The molecule has 7 nitrogen and oxygen atoms in total. The van der Waals surface area contributed by atoms with E-state index in [2.05, 4.69) is 13.8 Å². The van der Waals surface area contributed by atoms with Gasteiger partial charge in [0, 0.05) is 17.0 Å². The number of ether oxygens (including phenoxy) is 1. The number of nitrogens with zero attached hydrogens (tertiary/aromatic N) is 1. The van der Waals surface area contributed by atoms with Crippen LogP contribution < -0.4 is 5.63 Å². The third-order valence-corrected chi connectivity index (χ3v) is 6.45. The van der Waals surface area contributed by atoms with Gasteiger partial charge in [-0.1, -0.05) is 26.7 Å². The summed E-state index contributed by atoms with van der Waals surface area (Å²) < 4.78 is 10.7. The summed E-state index contributed by atoms with van der Waals surface area (Å²) in [6, 6.07) is 5.09. The van der Waals surface area contributed by atoms with Gasteiger partial charge in [0.2, 0.25) is 11.8 Å². The predicted octanol–water partition coefficient (Wildman–Crippen LogP) is 3.44. The second-order valence-corrected chi connectivity index (χ2v) is 8.87. The van der Waals surface area contributed by atoms with Crippen molar-refractivity contribution in [3.8, 4) is 0 Å². The molecule has 164 valence electrons. The molecule has 1 aliphatic carbocycles. The van der Waals surface area contributed by atoms with E-state index in [4.69, 9.17) is 9.15 Å². The van der Waals surface area contributed by atoms with Crippen molar-refractivity contribution in [1.82, 2.24) is 4.90 Å². The van der Waals surface area contributed by atoms with Crippen LogP contribution >= 0.6 is 0 Å². The number of rotatable bonds is 5. The molecule has 1 aliphatic heterocycles. The van der Waals surface area contributed by atoms with Crippen LogP contribution in [0.5, 0.6) is 0 Å². The van der Waals surface area contributed by atoms with Gasteiger partial charge in [-0.2, -0.15) is 0 Å². The van der Waals surface area contributed by atoms with Gasteiger partial charge in [0.15, 0.2) is 0 Å². The van der Waals surface area contributed by atoms with Gasteiger partial charge in [0.25, 0.3) is 0 Å². The summed E-state index contributed by atoms with van der Waals surface area (Å²) in [5, 5.41) is 0.709. The number of amides is 2. The molecule has 2 aliphatic rings. The van der Waals surface area contributed by atoms with Crippen LogP contribution in [0.15, 0.2) is 27.4 Å². The predicted molar refractivity (Wildman–Crippen MR) is 113 cm³/mol. The third kappa shape index (κ3) is 4.01. The number of likely N-dealkylation sites (tertiary alicyclic amines) is 1. The molecule has 2 heterocycles. The zero-order chi connectivity index (χ0) is 22.3. The highest BCUT2D eigenvalue weighted by Crippen LogP contribution is 2.38. The quantitative estimate of drug-likeness (QED) is 0.414. The van der Waals surface area contributed by atoms with E-state index in [1.165, 1.54) is 6.07 Å². The molecule has 7 heteroatoms. The molecule has 0 N–H and O–H groups in total. The summed E-state index contributed by atoms with van der Waals surface area (Å²) >= 11 is 0. The van der Waals surface area contributed by atoms with E-state index in [1.807, 2.05) is 19.1 Å². The average molecular weight is 425 g/mol. The maximum atomic E-state index is 12.6. The lowest BCUT2D eigenvalue weighted by Gasteiger charge is -2.19. The van der Waals surface area contributed by atoms with Gasteiger partial charge < -0.3 is 9.15 Å². The molecule has 2 aromatic rings. The largest absolute Gasteiger partial charge is 0.459 e. The summed E-state index contributed by atoms with van der Waals surface area (Å²) in [5.74, 6) is -1.52. The van der Waals surface area contributed by atoms with Crippen LogP contribution in [0, 0.1) is 18.8 Å². The Hall–Kier alpha value is -2.96. The minimum atomic E-state index is -0.669. The summed E-state index contributed by atoms with van der Waals surface area (Å²) in [5.41, 5.74) is 2.59. The van der Waals surface area contributed by atoms with Crippen LogP contribution in [0.2, 0.25) is 0 Å². The molecule has 1 aromatic heterocycles. The summed E-state index contributed by atoms with van der Waals surface area (Å²) in [6.45, 7) is 5.59. The first-order valence-electron chi connectivity index (χ1n) is 10.8. The fourth-order valence-corrected chi connectivity index (χ4v) is 4.85. The summed E-state index contributed by atoms with van der Waals surface area (Å²) in [7, 11) is 0. The molecule has 0 spiro atoms. The minimum Gasteiger partial charge on any atom is -0.459 e. The molecule has 2 fully saturated rings. The normalized spacial score (nSPS) is 21.1. The molecule has 1 aromatic carbocycles. The number of esters is 1. The fourth-order valence-electron chi connectivity index (χ4n) is 4.85. The lowest BCUT2D eigenvalue weighted by molar-refractivity contribution is -0.153. The minimum absolute atomic E-state index is 0.134. The maximum absolute atomic E-state index is 12.6.